The van der Waals surface area contributed by atoms with Gasteiger partial charge in [-0.1, -0.05) is 0 Å². The fourth-order valence-corrected chi connectivity index (χ4v) is 3.57. The molecule has 1 spiro atoms. The number of hydrogen-bond donors (Lipinski definition) is 2. The number of rotatable bonds is 4. The molecule has 21 heavy (non-hydrogen) atoms. The van der Waals surface area contributed by atoms with Crippen molar-refractivity contribution in [2.75, 3.05) is 24.1 Å². The molecule has 1 aliphatic heterocycles. The summed E-state index contributed by atoms with van der Waals surface area (Å²) in [7, 11) is 0. The summed E-state index contributed by atoms with van der Waals surface area (Å²) in [6.45, 7) is 3.86. The summed E-state index contributed by atoms with van der Waals surface area (Å²) in [5.74, 6) is 0.0430. The quantitative estimate of drug-likeness (QED) is 0.892. The maximum absolute atomic E-state index is 12.1. The van der Waals surface area contributed by atoms with Crippen molar-refractivity contribution in [3.63, 3.8) is 0 Å². The third-order valence-electron chi connectivity index (χ3n) is 5.04. The average molecular weight is 288 g/mol. The molecule has 0 aromatic carbocycles. The van der Waals surface area contributed by atoms with Crippen LogP contribution in [0.2, 0.25) is 0 Å². The maximum atomic E-state index is 12.1. The Balaban J connectivity index is 1.51. The Morgan fingerprint density at radius 2 is 2.19 bits per heavy atom. The molecule has 2 aliphatic rings. The third kappa shape index (κ3) is 2.88. The first kappa shape index (κ1) is 14.3. The van der Waals surface area contributed by atoms with E-state index in [9.17, 15) is 4.79 Å². The van der Waals surface area contributed by atoms with Gasteiger partial charge in [-0.25, -0.2) is 0 Å². The van der Waals surface area contributed by atoms with E-state index >= 15 is 0 Å². The minimum Gasteiger partial charge on any atom is -0.397 e. The second-order valence-electron chi connectivity index (χ2n) is 6.37. The van der Waals surface area contributed by atoms with Crippen molar-refractivity contribution in [2.45, 2.75) is 51.0 Å². The monoisotopic (exact) mass is 288 g/mol. The zero-order chi connectivity index (χ0) is 14.9. The van der Waals surface area contributed by atoms with Crippen molar-refractivity contribution in [1.82, 2.24) is 9.88 Å². The standard InChI is InChI=1S/C16H24N4O/c1-12-14(17)10-13(11-18-12)19-15(21)4-9-20-8-3-7-16(20)5-2-6-16/h10-11H,2-9,17H2,1H3,(H,19,21). The molecular formula is C16H24N4O. The first-order valence-corrected chi connectivity index (χ1v) is 7.86. The average Bonchev–Trinajstić information content (AvgIpc) is 2.84. The van der Waals surface area contributed by atoms with Gasteiger partial charge in [0.2, 0.25) is 5.91 Å². The van der Waals surface area contributed by atoms with Gasteiger partial charge in [-0.15, -0.1) is 0 Å². The fraction of sp³-hybridized carbons (Fsp3) is 0.625. The van der Waals surface area contributed by atoms with Gasteiger partial charge >= 0.3 is 0 Å². The van der Waals surface area contributed by atoms with Crippen LogP contribution in [0.1, 0.15) is 44.2 Å². The van der Waals surface area contributed by atoms with Gasteiger partial charge in [0, 0.05) is 18.5 Å². The number of aryl methyl sites for hydroxylation is 1. The second-order valence-corrected chi connectivity index (χ2v) is 6.37. The molecule has 2 fully saturated rings. The number of likely N-dealkylation sites (tertiary alicyclic amines) is 1. The number of pyridine rings is 1. The maximum Gasteiger partial charge on any atom is 0.225 e. The highest BCUT2D eigenvalue weighted by Crippen LogP contribution is 2.45. The Bertz CT molecular complexity index is 539. The van der Waals surface area contributed by atoms with Gasteiger partial charge in [0.05, 0.1) is 23.3 Å². The van der Waals surface area contributed by atoms with Crippen molar-refractivity contribution < 1.29 is 4.79 Å². The molecule has 1 saturated heterocycles. The molecule has 1 amide bonds. The number of aromatic nitrogens is 1. The predicted molar refractivity (Wildman–Crippen MR) is 84.0 cm³/mol. The molecule has 114 valence electrons. The van der Waals surface area contributed by atoms with E-state index in [1.807, 2.05) is 6.92 Å². The molecule has 1 aromatic heterocycles. The van der Waals surface area contributed by atoms with Crippen LogP contribution in [0.15, 0.2) is 12.3 Å². The number of carbonyl (C=O) groups excluding carboxylic acids is 1. The van der Waals surface area contributed by atoms with Crippen LogP contribution < -0.4 is 11.1 Å². The summed E-state index contributed by atoms with van der Waals surface area (Å²) in [6.07, 6.45) is 8.76. The summed E-state index contributed by atoms with van der Waals surface area (Å²) >= 11 is 0. The van der Waals surface area contributed by atoms with Gasteiger partial charge in [-0.3, -0.25) is 14.7 Å². The second kappa shape index (κ2) is 5.64. The highest BCUT2D eigenvalue weighted by Gasteiger charge is 2.44. The van der Waals surface area contributed by atoms with Gasteiger partial charge in [0.1, 0.15) is 0 Å². The number of nitrogens with one attached hydrogen (secondary N) is 1. The first-order chi connectivity index (χ1) is 10.1. The lowest BCUT2D eigenvalue weighted by molar-refractivity contribution is -0.116. The molecule has 5 nitrogen and oxygen atoms in total. The summed E-state index contributed by atoms with van der Waals surface area (Å²) in [6, 6.07) is 1.77. The van der Waals surface area contributed by atoms with E-state index in [1.165, 1.54) is 32.1 Å². The number of amides is 1. The van der Waals surface area contributed by atoms with Crippen molar-refractivity contribution in [3.05, 3.63) is 18.0 Å². The molecular weight excluding hydrogens is 264 g/mol. The van der Waals surface area contributed by atoms with E-state index in [1.54, 1.807) is 12.3 Å². The lowest BCUT2D eigenvalue weighted by atomic mass is 9.75. The lowest BCUT2D eigenvalue weighted by Crippen LogP contribution is -2.49. The predicted octanol–water partition coefficient (Wildman–Crippen LogP) is 2.32. The van der Waals surface area contributed by atoms with E-state index in [2.05, 4.69) is 15.2 Å². The summed E-state index contributed by atoms with van der Waals surface area (Å²) in [5.41, 5.74) is 8.33. The molecule has 0 radical (unpaired) electrons. The summed E-state index contributed by atoms with van der Waals surface area (Å²) < 4.78 is 0. The van der Waals surface area contributed by atoms with Crippen LogP contribution in [0.25, 0.3) is 0 Å². The number of nitrogen functional groups attached to an aromatic ring is 1. The molecule has 3 N–H and O–H groups in total. The van der Waals surface area contributed by atoms with E-state index in [-0.39, 0.29) is 5.91 Å². The van der Waals surface area contributed by atoms with Crippen LogP contribution in [0, 0.1) is 6.92 Å². The van der Waals surface area contributed by atoms with Crippen molar-refractivity contribution >= 4 is 17.3 Å². The number of nitrogens with two attached hydrogens (primary N) is 1. The Morgan fingerprint density at radius 1 is 1.43 bits per heavy atom. The topological polar surface area (TPSA) is 71.2 Å². The Morgan fingerprint density at radius 3 is 2.86 bits per heavy atom. The van der Waals surface area contributed by atoms with Gasteiger partial charge in [-0.05, 0) is 51.6 Å². The summed E-state index contributed by atoms with van der Waals surface area (Å²) in [4.78, 5) is 18.8. The van der Waals surface area contributed by atoms with Crippen LogP contribution in [0.5, 0.6) is 0 Å². The van der Waals surface area contributed by atoms with Gasteiger partial charge in [0.15, 0.2) is 0 Å². The highest BCUT2D eigenvalue weighted by atomic mass is 16.1. The van der Waals surface area contributed by atoms with E-state index in [4.69, 9.17) is 5.73 Å². The zero-order valence-electron chi connectivity index (χ0n) is 12.7. The minimum absolute atomic E-state index is 0.0430. The van der Waals surface area contributed by atoms with E-state index in [0.717, 1.165) is 18.8 Å². The minimum atomic E-state index is 0.0430. The van der Waals surface area contributed by atoms with Crippen LogP contribution in [-0.4, -0.2) is 34.4 Å². The van der Waals surface area contributed by atoms with E-state index < -0.39 is 0 Å². The molecule has 2 heterocycles. The molecule has 0 unspecified atom stereocenters. The number of nitrogens with zero attached hydrogens (tertiary/aromatic N) is 2. The van der Waals surface area contributed by atoms with Crippen LogP contribution >= 0.6 is 0 Å². The molecule has 1 saturated carbocycles. The highest BCUT2D eigenvalue weighted by molar-refractivity contribution is 5.91. The number of hydrogen-bond acceptors (Lipinski definition) is 4. The fourth-order valence-electron chi connectivity index (χ4n) is 3.57. The van der Waals surface area contributed by atoms with Gasteiger partial charge in [0.25, 0.3) is 0 Å². The van der Waals surface area contributed by atoms with Gasteiger partial charge in [-0.2, -0.15) is 0 Å². The molecule has 0 atom stereocenters. The first-order valence-electron chi connectivity index (χ1n) is 7.86. The molecule has 3 rings (SSSR count). The Kier molecular flexibility index (Phi) is 3.85. The van der Waals surface area contributed by atoms with Gasteiger partial charge < -0.3 is 11.1 Å². The zero-order valence-corrected chi connectivity index (χ0v) is 12.7. The lowest BCUT2D eigenvalue weighted by Gasteiger charge is -2.46. The number of carbonyl (C=O) groups is 1. The Hall–Kier alpha value is -1.62. The largest absolute Gasteiger partial charge is 0.397 e. The van der Waals surface area contributed by atoms with Crippen molar-refractivity contribution in [3.8, 4) is 0 Å². The SMILES string of the molecule is Cc1ncc(NC(=O)CCN2CCCC23CCC3)cc1N. The smallest absolute Gasteiger partial charge is 0.225 e. The summed E-state index contributed by atoms with van der Waals surface area (Å²) in [5, 5.41) is 2.89. The third-order valence-corrected chi connectivity index (χ3v) is 5.04. The Labute approximate surface area is 125 Å². The van der Waals surface area contributed by atoms with Crippen molar-refractivity contribution in [1.29, 1.82) is 0 Å². The molecule has 0 bridgehead atoms. The van der Waals surface area contributed by atoms with Crippen LogP contribution in [0.3, 0.4) is 0 Å². The van der Waals surface area contributed by atoms with E-state index in [0.29, 0.717) is 23.3 Å². The van der Waals surface area contributed by atoms with Crippen LogP contribution in [-0.2, 0) is 4.79 Å². The van der Waals surface area contributed by atoms with Crippen molar-refractivity contribution in [2.24, 2.45) is 0 Å². The van der Waals surface area contributed by atoms with Crippen LogP contribution in [0.4, 0.5) is 11.4 Å². The molecule has 1 aromatic rings. The molecule has 1 aliphatic carbocycles. The normalized spacial score (nSPS) is 20.4. The molecule has 5 heteroatoms. The number of anilines is 2.